The molecule has 2 aromatic rings. The van der Waals surface area contributed by atoms with Crippen molar-refractivity contribution in [2.45, 2.75) is 31.2 Å². The van der Waals surface area contributed by atoms with Crippen LogP contribution in [0.1, 0.15) is 29.7 Å². The van der Waals surface area contributed by atoms with E-state index in [1.165, 1.54) is 4.88 Å². The second kappa shape index (κ2) is 7.10. The first kappa shape index (κ1) is 17.1. The summed E-state index contributed by atoms with van der Waals surface area (Å²) in [7, 11) is 0. The van der Waals surface area contributed by atoms with Gasteiger partial charge in [-0.05, 0) is 42.0 Å². The molecule has 1 amide bonds. The molecular formula is C20H23ClN2OS. The molecule has 1 aromatic heterocycles. The molecule has 2 aliphatic rings. The fourth-order valence-corrected chi connectivity index (χ4v) is 4.91. The second-order valence-corrected chi connectivity index (χ2v) is 8.56. The number of hydrogen-bond donors (Lipinski definition) is 0. The van der Waals surface area contributed by atoms with E-state index in [9.17, 15) is 4.79 Å². The van der Waals surface area contributed by atoms with E-state index in [1.807, 2.05) is 18.2 Å². The summed E-state index contributed by atoms with van der Waals surface area (Å²) in [6, 6.07) is 12.2. The largest absolute Gasteiger partial charge is 0.339 e. The van der Waals surface area contributed by atoms with Crippen molar-refractivity contribution >= 4 is 28.8 Å². The Morgan fingerprint density at radius 1 is 1.12 bits per heavy atom. The number of carbonyl (C=O) groups excluding carboxylic acids is 1. The van der Waals surface area contributed by atoms with Gasteiger partial charge in [0.05, 0.1) is 5.41 Å². The molecule has 5 heteroatoms. The summed E-state index contributed by atoms with van der Waals surface area (Å²) in [5.41, 5.74) is 0.762. The van der Waals surface area contributed by atoms with Gasteiger partial charge in [-0.25, -0.2) is 0 Å². The number of halogens is 1. The van der Waals surface area contributed by atoms with Crippen molar-refractivity contribution in [2.24, 2.45) is 0 Å². The lowest BCUT2D eigenvalue weighted by atomic mass is 9.63. The zero-order chi connectivity index (χ0) is 17.3. The maximum Gasteiger partial charge on any atom is 0.233 e. The van der Waals surface area contributed by atoms with Crippen molar-refractivity contribution in [3.8, 4) is 0 Å². The van der Waals surface area contributed by atoms with Crippen LogP contribution < -0.4 is 0 Å². The van der Waals surface area contributed by atoms with E-state index in [2.05, 4.69) is 33.4 Å². The Labute approximate surface area is 158 Å². The highest BCUT2D eigenvalue weighted by molar-refractivity contribution is 7.09. The molecule has 132 valence electrons. The molecule has 0 N–H and O–H groups in total. The first-order valence-electron chi connectivity index (χ1n) is 8.98. The van der Waals surface area contributed by atoms with E-state index >= 15 is 0 Å². The fourth-order valence-electron chi connectivity index (χ4n) is 3.98. The van der Waals surface area contributed by atoms with Gasteiger partial charge in [0.1, 0.15) is 0 Å². The molecule has 2 fully saturated rings. The highest BCUT2D eigenvalue weighted by Crippen LogP contribution is 2.45. The van der Waals surface area contributed by atoms with E-state index in [1.54, 1.807) is 11.3 Å². The third-order valence-electron chi connectivity index (χ3n) is 5.61. The molecular weight excluding hydrogens is 352 g/mol. The molecule has 1 aromatic carbocycles. The van der Waals surface area contributed by atoms with Crippen LogP contribution in [0.15, 0.2) is 41.8 Å². The van der Waals surface area contributed by atoms with Crippen LogP contribution in [0.5, 0.6) is 0 Å². The summed E-state index contributed by atoms with van der Waals surface area (Å²) in [4.78, 5) is 19.2. The number of nitrogens with zero attached hydrogens (tertiary/aromatic N) is 2. The van der Waals surface area contributed by atoms with E-state index in [0.717, 1.165) is 62.6 Å². The lowest BCUT2D eigenvalue weighted by molar-refractivity contribution is -0.142. The summed E-state index contributed by atoms with van der Waals surface area (Å²) in [6.07, 6.45) is 3.01. The zero-order valence-electron chi connectivity index (χ0n) is 14.3. The lowest BCUT2D eigenvalue weighted by Crippen LogP contribution is -2.56. The minimum atomic E-state index is -0.333. The minimum absolute atomic E-state index is 0.303. The van der Waals surface area contributed by atoms with Gasteiger partial charge >= 0.3 is 0 Å². The van der Waals surface area contributed by atoms with Crippen molar-refractivity contribution in [1.29, 1.82) is 0 Å². The molecule has 0 spiro atoms. The highest BCUT2D eigenvalue weighted by atomic mass is 35.5. The van der Waals surface area contributed by atoms with Gasteiger partial charge in [-0.3, -0.25) is 9.69 Å². The normalized spacial score (nSPS) is 20.3. The smallest absolute Gasteiger partial charge is 0.233 e. The first-order chi connectivity index (χ1) is 12.2. The van der Waals surface area contributed by atoms with E-state index < -0.39 is 0 Å². The van der Waals surface area contributed by atoms with Crippen LogP contribution in [0, 0.1) is 0 Å². The van der Waals surface area contributed by atoms with Gasteiger partial charge in [-0.2, -0.15) is 0 Å². The van der Waals surface area contributed by atoms with Crippen molar-refractivity contribution < 1.29 is 4.79 Å². The number of amides is 1. The Morgan fingerprint density at radius 3 is 2.52 bits per heavy atom. The monoisotopic (exact) mass is 374 g/mol. The molecule has 1 aliphatic carbocycles. The topological polar surface area (TPSA) is 23.6 Å². The van der Waals surface area contributed by atoms with Gasteiger partial charge in [0.25, 0.3) is 0 Å². The van der Waals surface area contributed by atoms with Crippen LogP contribution in [-0.2, 0) is 16.8 Å². The van der Waals surface area contributed by atoms with E-state index in [0.29, 0.717) is 5.91 Å². The van der Waals surface area contributed by atoms with Gasteiger partial charge < -0.3 is 4.90 Å². The van der Waals surface area contributed by atoms with Gasteiger partial charge in [0, 0.05) is 42.6 Å². The predicted molar refractivity (Wildman–Crippen MR) is 103 cm³/mol. The number of piperazine rings is 1. The van der Waals surface area contributed by atoms with E-state index in [4.69, 9.17) is 11.6 Å². The van der Waals surface area contributed by atoms with Gasteiger partial charge in [-0.1, -0.05) is 36.2 Å². The number of thiophene rings is 1. The van der Waals surface area contributed by atoms with Crippen LogP contribution >= 0.6 is 22.9 Å². The second-order valence-electron chi connectivity index (χ2n) is 7.09. The molecule has 0 atom stereocenters. The molecule has 1 saturated heterocycles. The molecule has 25 heavy (non-hydrogen) atoms. The summed E-state index contributed by atoms with van der Waals surface area (Å²) < 4.78 is 0. The highest BCUT2D eigenvalue weighted by Gasteiger charge is 2.48. The Bertz CT molecular complexity index is 734. The Hall–Kier alpha value is -1.36. The molecule has 3 nitrogen and oxygen atoms in total. The summed E-state index contributed by atoms with van der Waals surface area (Å²) in [5, 5.41) is 2.85. The number of carbonyl (C=O) groups is 1. The lowest BCUT2D eigenvalue weighted by Gasteiger charge is -2.46. The quantitative estimate of drug-likeness (QED) is 0.801. The first-order valence-corrected chi connectivity index (χ1v) is 10.2. The van der Waals surface area contributed by atoms with Crippen LogP contribution in [0.4, 0.5) is 0 Å². The molecule has 4 rings (SSSR count). The van der Waals surface area contributed by atoms with Crippen LogP contribution in [0.3, 0.4) is 0 Å². The van der Waals surface area contributed by atoms with Crippen molar-refractivity contribution in [1.82, 2.24) is 9.80 Å². The van der Waals surface area contributed by atoms with Crippen molar-refractivity contribution in [3.63, 3.8) is 0 Å². The maximum absolute atomic E-state index is 13.3. The zero-order valence-corrected chi connectivity index (χ0v) is 15.9. The fraction of sp³-hybridized carbons (Fsp3) is 0.450. The molecule has 1 aliphatic heterocycles. The van der Waals surface area contributed by atoms with Gasteiger partial charge in [-0.15, -0.1) is 11.3 Å². The molecule has 1 saturated carbocycles. The van der Waals surface area contributed by atoms with E-state index in [-0.39, 0.29) is 5.41 Å². The third-order valence-corrected chi connectivity index (χ3v) is 6.71. The van der Waals surface area contributed by atoms with Crippen molar-refractivity contribution in [3.05, 3.63) is 57.2 Å². The number of benzene rings is 1. The Kier molecular flexibility index (Phi) is 4.85. The van der Waals surface area contributed by atoms with Crippen LogP contribution in [0.25, 0.3) is 0 Å². The molecule has 0 radical (unpaired) electrons. The SMILES string of the molecule is O=C(N1CCN(Cc2cccs2)CC1)C1(c2cccc(Cl)c2)CCC1. The summed E-state index contributed by atoms with van der Waals surface area (Å²) in [5.74, 6) is 0.303. The number of hydrogen-bond acceptors (Lipinski definition) is 3. The summed E-state index contributed by atoms with van der Waals surface area (Å²) in [6.45, 7) is 4.56. The molecule has 0 bridgehead atoms. The van der Waals surface area contributed by atoms with Gasteiger partial charge in [0.15, 0.2) is 0 Å². The standard InChI is InChI=1S/C20H23ClN2OS/c21-17-5-1-4-16(14-17)20(7-3-8-20)19(24)23-11-9-22(10-12-23)15-18-6-2-13-25-18/h1-2,4-6,13-14H,3,7-12,15H2. The molecule has 2 heterocycles. The Balaban J connectivity index is 1.42. The molecule has 0 unspecified atom stereocenters. The van der Waals surface area contributed by atoms with Crippen LogP contribution in [0.2, 0.25) is 5.02 Å². The van der Waals surface area contributed by atoms with Gasteiger partial charge in [0.2, 0.25) is 5.91 Å². The Morgan fingerprint density at radius 2 is 1.92 bits per heavy atom. The average Bonchev–Trinajstić information content (AvgIpc) is 3.07. The van der Waals surface area contributed by atoms with Crippen LogP contribution in [-0.4, -0.2) is 41.9 Å². The maximum atomic E-state index is 13.3. The minimum Gasteiger partial charge on any atom is -0.339 e. The third kappa shape index (κ3) is 3.35. The average molecular weight is 375 g/mol. The number of rotatable bonds is 4. The summed E-state index contributed by atoms with van der Waals surface area (Å²) >= 11 is 7.98. The predicted octanol–water partition coefficient (Wildman–Crippen LogP) is 4.17. The van der Waals surface area contributed by atoms with Crippen molar-refractivity contribution in [2.75, 3.05) is 26.2 Å².